The van der Waals surface area contributed by atoms with Gasteiger partial charge in [0.05, 0.1) is 32.5 Å². The largest absolute Gasteiger partial charge is 0.379 e. The maximum atomic E-state index is 11.9. The van der Waals surface area contributed by atoms with E-state index in [1.54, 1.807) is 0 Å². The Morgan fingerprint density at radius 1 is 0.731 bits per heavy atom. The number of ketones is 2. The first-order chi connectivity index (χ1) is 11.6. The fourth-order valence-corrected chi connectivity index (χ4v) is 2.27. The second-order valence-corrected chi connectivity index (χ2v) is 10.1. The molecule has 0 aromatic rings. The van der Waals surface area contributed by atoms with Crippen molar-refractivity contribution < 1.29 is 19.1 Å². The van der Waals surface area contributed by atoms with E-state index in [2.05, 4.69) is 26.1 Å². The minimum Gasteiger partial charge on any atom is -0.379 e. The summed E-state index contributed by atoms with van der Waals surface area (Å²) in [5.74, 6) is 0.407. The molecule has 1 N–H and O–H groups in total. The maximum absolute atomic E-state index is 11.9. The normalized spacial score (nSPS) is 13.3. The third kappa shape index (κ3) is 12.6. The predicted molar refractivity (Wildman–Crippen MR) is 106 cm³/mol. The van der Waals surface area contributed by atoms with Crippen LogP contribution in [-0.4, -0.2) is 49.6 Å². The van der Waals surface area contributed by atoms with E-state index in [9.17, 15) is 9.59 Å². The molecular formula is C21H41NO4. The van der Waals surface area contributed by atoms with Crippen molar-refractivity contribution in [1.29, 1.82) is 0 Å². The van der Waals surface area contributed by atoms with E-state index in [1.165, 1.54) is 0 Å². The second-order valence-electron chi connectivity index (χ2n) is 10.1. The average molecular weight is 372 g/mol. The van der Waals surface area contributed by atoms with Gasteiger partial charge >= 0.3 is 0 Å². The Morgan fingerprint density at radius 2 is 1.08 bits per heavy atom. The summed E-state index contributed by atoms with van der Waals surface area (Å²) < 4.78 is 11.4. The van der Waals surface area contributed by atoms with E-state index in [4.69, 9.17) is 9.47 Å². The highest BCUT2D eigenvalue weighted by molar-refractivity contribution is 5.84. The third-order valence-corrected chi connectivity index (χ3v) is 3.90. The number of hydrogen-bond donors (Lipinski definition) is 1. The zero-order valence-electron chi connectivity index (χ0n) is 18.5. The molecule has 0 aromatic heterocycles. The van der Waals surface area contributed by atoms with Crippen LogP contribution in [-0.2, 0) is 19.1 Å². The van der Waals surface area contributed by atoms with Crippen molar-refractivity contribution in [3.63, 3.8) is 0 Å². The van der Waals surface area contributed by atoms with Gasteiger partial charge in [-0.15, -0.1) is 0 Å². The molecule has 0 aliphatic heterocycles. The van der Waals surface area contributed by atoms with Gasteiger partial charge in [0.1, 0.15) is 11.6 Å². The molecule has 0 bridgehead atoms. The van der Waals surface area contributed by atoms with E-state index < -0.39 is 0 Å². The molecule has 26 heavy (non-hydrogen) atoms. The Balaban J connectivity index is 4.29. The van der Waals surface area contributed by atoms with E-state index in [1.807, 2.05) is 41.5 Å². The van der Waals surface area contributed by atoms with Crippen LogP contribution < -0.4 is 5.32 Å². The standard InChI is InChI=1S/C21H41NO4/c1-19(2,3)17(23)10-12-25-14-16(22-21(7,8)9)15-26-13-11-18(24)20(4,5)6/h16,22H,10-15H2,1-9H3. The monoisotopic (exact) mass is 371 g/mol. The summed E-state index contributed by atoms with van der Waals surface area (Å²) in [6.45, 7) is 19.6. The first-order valence-corrected chi connectivity index (χ1v) is 9.63. The molecule has 0 rings (SSSR count). The minimum atomic E-state index is -0.324. The van der Waals surface area contributed by atoms with Crippen molar-refractivity contribution in [2.75, 3.05) is 26.4 Å². The zero-order chi connectivity index (χ0) is 20.6. The smallest absolute Gasteiger partial charge is 0.140 e. The molecule has 0 radical (unpaired) electrons. The number of rotatable bonds is 11. The lowest BCUT2D eigenvalue weighted by molar-refractivity contribution is -0.127. The third-order valence-electron chi connectivity index (χ3n) is 3.90. The second kappa shape index (κ2) is 10.5. The predicted octanol–water partition coefficient (Wildman–Crippen LogP) is 3.79. The number of nitrogens with one attached hydrogen (secondary N) is 1. The Kier molecular flexibility index (Phi) is 10.2. The first-order valence-electron chi connectivity index (χ1n) is 9.63. The van der Waals surface area contributed by atoms with Crippen LogP contribution in [0.25, 0.3) is 0 Å². The van der Waals surface area contributed by atoms with Crippen molar-refractivity contribution in [3.8, 4) is 0 Å². The fourth-order valence-electron chi connectivity index (χ4n) is 2.27. The summed E-state index contributed by atoms with van der Waals surface area (Å²) >= 11 is 0. The summed E-state index contributed by atoms with van der Waals surface area (Å²) in [5.41, 5.74) is -0.718. The lowest BCUT2D eigenvalue weighted by atomic mass is 9.89. The highest BCUT2D eigenvalue weighted by Gasteiger charge is 2.23. The van der Waals surface area contributed by atoms with Crippen molar-refractivity contribution in [3.05, 3.63) is 0 Å². The molecule has 5 nitrogen and oxygen atoms in total. The maximum Gasteiger partial charge on any atom is 0.140 e. The summed E-state index contributed by atoms with van der Waals surface area (Å²) in [4.78, 5) is 23.9. The highest BCUT2D eigenvalue weighted by Crippen LogP contribution is 2.17. The van der Waals surface area contributed by atoms with Crippen LogP contribution in [0.1, 0.15) is 75.2 Å². The molecule has 0 aromatic carbocycles. The van der Waals surface area contributed by atoms with Gasteiger partial charge in [-0.05, 0) is 20.8 Å². The number of Topliss-reactive ketones (excluding diaryl/α,β-unsaturated/α-hetero) is 2. The number of carbonyl (C=O) groups is 2. The summed E-state index contributed by atoms with van der Waals surface area (Å²) in [5, 5.41) is 3.47. The number of carbonyl (C=O) groups excluding carboxylic acids is 2. The van der Waals surface area contributed by atoms with Crippen LogP contribution in [0.4, 0.5) is 0 Å². The van der Waals surface area contributed by atoms with Crippen molar-refractivity contribution in [2.45, 2.75) is 86.7 Å². The van der Waals surface area contributed by atoms with Crippen LogP contribution in [0.5, 0.6) is 0 Å². The Hall–Kier alpha value is -0.780. The average Bonchev–Trinajstić information content (AvgIpc) is 2.43. The van der Waals surface area contributed by atoms with Gasteiger partial charge in [-0.2, -0.15) is 0 Å². The van der Waals surface area contributed by atoms with E-state index in [-0.39, 0.29) is 34.0 Å². The van der Waals surface area contributed by atoms with Gasteiger partial charge in [0.25, 0.3) is 0 Å². The molecule has 0 saturated heterocycles. The molecule has 0 atom stereocenters. The molecule has 0 unspecified atom stereocenters. The van der Waals surface area contributed by atoms with Crippen molar-refractivity contribution >= 4 is 11.6 Å². The molecule has 0 spiro atoms. The topological polar surface area (TPSA) is 64.6 Å². The van der Waals surface area contributed by atoms with E-state index in [0.29, 0.717) is 39.3 Å². The van der Waals surface area contributed by atoms with Gasteiger partial charge in [-0.25, -0.2) is 0 Å². The summed E-state index contributed by atoms with van der Waals surface area (Å²) in [6, 6.07) is 0.0180. The Labute approximate surface area is 160 Å². The Morgan fingerprint density at radius 3 is 1.35 bits per heavy atom. The molecule has 0 aliphatic rings. The fraction of sp³-hybridized carbons (Fsp3) is 0.905. The van der Waals surface area contributed by atoms with E-state index >= 15 is 0 Å². The van der Waals surface area contributed by atoms with Crippen LogP contribution >= 0.6 is 0 Å². The van der Waals surface area contributed by atoms with Crippen LogP contribution in [0.3, 0.4) is 0 Å². The number of ether oxygens (including phenoxy) is 2. The van der Waals surface area contributed by atoms with Crippen LogP contribution in [0.15, 0.2) is 0 Å². The summed E-state index contributed by atoms with van der Waals surface area (Å²) in [6.07, 6.45) is 0.847. The quantitative estimate of drug-likeness (QED) is 0.560. The first kappa shape index (κ1) is 25.2. The molecule has 0 amide bonds. The number of hydrogen-bond acceptors (Lipinski definition) is 5. The van der Waals surface area contributed by atoms with Crippen LogP contribution in [0.2, 0.25) is 0 Å². The van der Waals surface area contributed by atoms with Gasteiger partial charge in [0.2, 0.25) is 0 Å². The molecule has 0 fully saturated rings. The highest BCUT2D eigenvalue weighted by atomic mass is 16.5. The van der Waals surface area contributed by atoms with Gasteiger partial charge in [0.15, 0.2) is 0 Å². The molecule has 0 aliphatic carbocycles. The molecule has 0 heterocycles. The van der Waals surface area contributed by atoms with Gasteiger partial charge < -0.3 is 14.8 Å². The Bertz CT molecular complexity index is 404. The van der Waals surface area contributed by atoms with E-state index in [0.717, 1.165) is 0 Å². The molecule has 154 valence electrons. The zero-order valence-corrected chi connectivity index (χ0v) is 18.5. The molecule has 0 saturated carbocycles. The van der Waals surface area contributed by atoms with Gasteiger partial charge in [-0.1, -0.05) is 41.5 Å². The summed E-state index contributed by atoms with van der Waals surface area (Å²) in [7, 11) is 0. The molecular weight excluding hydrogens is 330 g/mol. The van der Waals surface area contributed by atoms with Gasteiger partial charge in [0, 0.05) is 29.2 Å². The van der Waals surface area contributed by atoms with Gasteiger partial charge in [-0.3, -0.25) is 9.59 Å². The minimum absolute atomic E-state index is 0.0180. The van der Waals surface area contributed by atoms with Crippen molar-refractivity contribution in [2.24, 2.45) is 10.8 Å². The van der Waals surface area contributed by atoms with Crippen molar-refractivity contribution in [1.82, 2.24) is 5.32 Å². The lowest BCUT2D eigenvalue weighted by Crippen LogP contribution is -2.48. The lowest BCUT2D eigenvalue weighted by Gasteiger charge is -2.28. The molecule has 5 heteroatoms. The SMILES string of the molecule is CC(C)(C)NC(COCCC(=O)C(C)(C)C)COCCC(=O)C(C)(C)C. The van der Waals surface area contributed by atoms with Crippen LogP contribution in [0, 0.1) is 10.8 Å².